The van der Waals surface area contributed by atoms with E-state index in [1.54, 1.807) is 24.3 Å². The second-order valence-corrected chi connectivity index (χ2v) is 8.38. The van der Waals surface area contributed by atoms with Crippen LogP contribution in [0.5, 0.6) is 5.75 Å². The summed E-state index contributed by atoms with van der Waals surface area (Å²) in [6.45, 7) is 4.32. The van der Waals surface area contributed by atoms with Gasteiger partial charge in [0, 0.05) is 11.7 Å². The van der Waals surface area contributed by atoms with Gasteiger partial charge in [0.1, 0.15) is 11.5 Å². The average molecular weight is 406 g/mol. The van der Waals surface area contributed by atoms with Crippen molar-refractivity contribution < 1.29 is 17.9 Å². The molecule has 26 heavy (non-hydrogen) atoms. The van der Waals surface area contributed by atoms with Gasteiger partial charge in [0.2, 0.25) is 15.9 Å². The third kappa shape index (κ3) is 7.01. The molecule has 9 heteroatoms. The van der Waals surface area contributed by atoms with Crippen molar-refractivity contribution in [1.29, 1.82) is 0 Å². The molecule has 0 bridgehead atoms. The normalized spacial score (nSPS) is 19.7. The topological polar surface area (TPSA) is 111 Å². The summed E-state index contributed by atoms with van der Waals surface area (Å²) in [6.07, 6.45) is 2.86. The van der Waals surface area contributed by atoms with E-state index < -0.39 is 21.7 Å². The van der Waals surface area contributed by atoms with Crippen LogP contribution in [0.4, 0.5) is 5.69 Å². The molecule has 0 aliphatic heterocycles. The van der Waals surface area contributed by atoms with Crippen molar-refractivity contribution in [2.75, 3.05) is 17.0 Å². The highest BCUT2D eigenvalue weighted by atomic mass is 35.5. The maximum atomic E-state index is 12.2. The standard InChI is InChI=1S/C17H27N3O4S.ClH/c1-12(2)24-15-8-6-14(7-9-15)20-25(22,23)11-17(21)19-16-5-3-4-13(16)10-18;/h6-9,12-13,16,20H,3-5,10-11,18H2,1-2H3,(H,19,21);1H. The minimum absolute atomic E-state index is 0. The molecule has 148 valence electrons. The Labute approximate surface area is 161 Å². The Morgan fingerprint density at radius 1 is 1.27 bits per heavy atom. The van der Waals surface area contributed by atoms with E-state index in [1.807, 2.05) is 13.8 Å². The summed E-state index contributed by atoms with van der Waals surface area (Å²) in [5.41, 5.74) is 6.07. The van der Waals surface area contributed by atoms with Gasteiger partial charge in [-0.05, 0) is 63.4 Å². The maximum Gasteiger partial charge on any atom is 0.241 e. The molecule has 0 spiro atoms. The molecule has 2 rings (SSSR count). The summed E-state index contributed by atoms with van der Waals surface area (Å²) < 4.78 is 32.3. The van der Waals surface area contributed by atoms with Crippen molar-refractivity contribution in [2.24, 2.45) is 11.7 Å². The lowest BCUT2D eigenvalue weighted by Crippen LogP contribution is -2.43. The van der Waals surface area contributed by atoms with Crippen LogP contribution in [0.1, 0.15) is 33.1 Å². The number of halogens is 1. The number of anilines is 1. The van der Waals surface area contributed by atoms with Gasteiger partial charge in [-0.3, -0.25) is 9.52 Å². The number of hydrogen-bond acceptors (Lipinski definition) is 5. The first-order valence-corrected chi connectivity index (χ1v) is 10.2. The SMILES string of the molecule is CC(C)Oc1ccc(NS(=O)(=O)CC(=O)NC2CCCC2CN)cc1.Cl. The fraction of sp³-hybridized carbons (Fsp3) is 0.588. The molecule has 1 saturated carbocycles. The first kappa shape index (κ1) is 22.5. The maximum absolute atomic E-state index is 12.2. The molecular weight excluding hydrogens is 378 g/mol. The van der Waals surface area contributed by atoms with Gasteiger partial charge < -0.3 is 15.8 Å². The number of rotatable bonds is 8. The summed E-state index contributed by atoms with van der Waals surface area (Å²) in [5, 5.41) is 2.79. The van der Waals surface area contributed by atoms with E-state index in [-0.39, 0.29) is 30.5 Å². The quantitative estimate of drug-likeness (QED) is 0.611. The molecule has 2 atom stereocenters. The predicted octanol–water partition coefficient (Wildman–Crippen LogP) is 1.88. The number of ether oxygens (including phenoxy) is 1. The van der Waals surface area contributed by atoms with E-state index in [4.69, 9.17) is 10.5 Å². The zero-order valence-corrected chi connectivity index (χ0v) is 16.7. The second-order valence-electron chi connectivity index (χ2n) is 6.65. The van der Waals surface area contributed by atoms with Crippen LogP contribution in [0.25, 0.3) is 0 Å². The van der Waals surface area contributed by atoms with Gasteiger partial charge in [0.25, 0.3) is 0 Å². The Kier molecular flexibility index (Phi) is 8.66. The van der Waals surface area contributed by atoms with Crippen molar-refractivity contribution >= 4 is 34.0 Å². The number of benzene rings is 1. The third-order valence-electron chi connectivity index (χ3n) is 4.13. The summed E-state index contributed by atoms with van der Waals surface area (Å²) in [7, 11) is -3.77. The zero-order chi connectivity index (χ0) is 18.4. The summed E-state index contributed by atoms with van der Waals surface area (Å²) in [5.74, 6) is -0.221. The number of amides is 1. The van der Waals surface area contributed by atoms with Crippen LogP contribution in [0.15, 0.2) is 24.3 Å². The summed E-state index contributed by atoms with van der Waals surface area (Å²) in [6, 6.07) is 6.55. The number of hydrogen-bond donors (Lipinski definition) is 3. The van der Waals surface area contributed by atoms with Crippen molar-refractivity contribution in [2.45, 2.75) is 45.3 Å². The van der Waals surface area contributed by atoms with Gasteiger partial charge in [0.05, 0.1) is 6.10 Å². The van der Waals surface area contributed by atoms with E-state index >= 15 is 0 Å². The van der Waals surface area contributed by atoms with E-state index in [0.29, 0.717) is 18.0 Å². The monoisotopic (exact) mass is 405 g/mol. The van der Waals surface area contributed by atoms with Gasteiger partial charge in [-0.1, -0.05) is 6.42 Å². The first-order chi connectivity index (χ1) is 11.8. The molecule has 1 aliphatic carbocycles. The van der Waals surface area contributed by atoms with Crippen LogP contribution in [-0.2, 0) is 14.8 Å². The highest BCUT2D eigenvalue weighted by molar-refractivity contribution is 7.93. The van der Waals surface area contributed by atoms with E-state index in [1.165, 1.54) is 0 Å². The Bertz CT molecular complexity index is 680. The van der Waals surface area contributed by atoms with Gasteiger partial charge in [-0.25, -0.2) is 8.42 Å². The first-order valence-electron chi connectivity index (χ1n) is 8.55. The molecule has 0 aromatic heterocycles. The lowest BCUT2D eigenvalue weighted by Gasteiger charge is -2.19. The molecule has 4 N–H and O–H groups in total. The van der Waals surface area contributed by atoms with Crippen molar-refractivity contribution in [3.05, 3.63) is 24.3 Å². The highest BCUT2D eigenvalue weighted by Crippen LogP contribution is 2.24. The zero-order valence-electron chi connectivity index (χ0n) is 15.1. The minimum Gasteiger partial charge on any atom is -0.491 e. The van der Waals surface area contributed by atoms with Crippen molar-refractivity contribution in [3.8, 4) is 5.75 Å². The summed E-state index contributed by atoms with van der Waals surface area (Å²) in [4.78, 5) is 12.1. The Morgan fingerprint density at radius 2 is 1.92 bits per heavy atom. The molecule has 7 nitrogen and oxygen atoms in total. The van der Waals surface area contributed by atoms with Crippen LogP contribution >= 0.6 is 12.4 Å². The van der Waals surface area contributed by atoms with Crippen LogP contribution < -0.4 is 20.5 Å². The lowest BCUT2D eigenvalue weighted by molar-refractivity contribution is -0.119. The molecule has 1 aliphatic rings. The number of carbonyl (C=O) groups excluding carboxylic acids is 1. The number of nitrogens with two attached hydrogens (primary N) is 1. The lowest BCUT2D eigenvalue weighted by atomic mass is 10.0. The summed E-state index contributed by atoms with van der Waals surface area (Å²) >= 11 is 0. The Morgan fingerprint density at radius 3 is 2.50 bits per heavy atom. The number of sulfonamides is 1. The van der Waals surface area contributed by atoms with Gasteiger partial charge in [-0.15, -0.1) is 12.4 Å². The van der Waals surface area contributed by atoms with Crippen LogP contribution in [0.2, 0.25) is 0 Å². The van der Waals surface area contributed by atoms with Gasteiger partial charge in [-0.2, -0.15) is 0 Å². The fourth-order valence-electron chi connectivity index (χ4n) is 3.02. The minimum atomic E-state index is -3.77. The average Bonchev–Trinajstić information content (AvgIpc) is 2.94. The van der Waals surface area contributed by atoms with Gasteiger partial charge >= 0.3 is 0 Å². The molecule has 1 aromatic carbocycles. The van der Waals surface area contributed by atoms with E-state index in [9.17, 15) is 13.2 Å². The molecule has 2 unspecified atom stereocenters. The van der Waals surface area contributed by atoms with Crippen LogP contribution in [0, 0.1) is 5.92 Å². The fourth-order valence-corrected chi connectivity index (χ4v) is 4.02. The second kappa shape index (κ2) is 9.99. The molecule has 1 amide bonds. The van der Waals surface area contributed by atoms with Crippen LogP contribution in [0.3, 0.4) is 0 Å². The molecule has 1 fully saturated rings. The predicted molar refractivity (Wildman–Crippen MR) is 105 cm³/mol. The van der Waals surface area contributed by atoms with Crippen LogP contribution in [-0.4, -0.2) is 38.8 Å². The molecule has 1 aromatic rings. The molecular formula is C17H28ClN3O4S. The van der Waals surface area contributed by atoms with Gasteiger partial charge in [0.15, 0.2) is 0 Å². The van der Waals surface area contributed by atoms with Crippen molar-refractivity contribution in [1.82, 2.24) is 5.32 Å². The highest BCUT2D eigenvalue weighted by Gasteiger charge is 2.28. The number of carbonyl (C=O) groups is 1. The Hall–Kier alpha value is -1.51. The molecule has 0 saturated heterocycles. The Balaban J connectivity index is 0.00000338. The molecule has 0 radical (unpaired) electrons. The van der Waals surface area contributed by atoms with Crippen molar-refractivity contribution in [3.63, 3.8) is 0 Å². The molecule has 0 heterocycles. The largest absolute Gasteiger partial charge is 0.491 e. The van der Waals surface area contributed by atoms with E-state index in [0.717, 1.165) is 19.3 Å². The third-order valence-corrected chi connectivity index (χ3v) is 5.32. The van der Waals surface area contributed by atoms with E-state index in [2.05, 4.69) is 10.0 Å². The smallest absolute Gasteiger partial charge is 0.241 e. The number of nitrogens with one attached hydrogen (secondary N) is 2.